The van der Waals surface area contributed by atoms with Gasteiger partial charge in [-0.05, 0) is 12.1 Å². The molecule has 2 heterocycles. The molecular formula is C9H11NO. The van der Waals surface area contributed by atoms with E-state index in [0.29, 0.717) is 5.92 Å². The number of aromatic nitrogens is 1. The molecule has 1 saturated heterocycles. The van der Waals surface area contributed by atoms with Crippen LogP contribution in [-0.2, 0) is 4.74 Å². The standard InChI is InChI=1S/C9H11NO/c1-7-6-11-9(7)8-4-2-3-5-10-8/h2-5,7,9H,6H2,1H3. The van der Waals surface area contributed by atoms with Gasteiger partial charge in [0.05, 0.1) is 12.3 Å². The van der Waals surface area contributed by atoms with Crippen LogP contribution in [0, 0.1) is 5.92 Å². The second-order valence-corrected chi connectivity index (χ2v) is 2.99. The Labute approximate surface area is 66.2 Å². The first kappa shape index (κ1) is 6.80. The zero-order valence-corrected chi connectivity index (χ0v) is 6.53. The molecule has 0 bridgehead atoms. The topological polar surface area (TPSA) is 22.1 Å². The highest BCUT2D eigenvalue weighted by Crippen LogP contribution is 2.33. The van der Waals surface area contributed by atoms with Gasteiger partial charge >= 0.3 is 0 Å². The first-order valence-electron chi connectivity index (χ1n) is 3.90. The van der Waals surface area contributed by atoms with E-state index in [0.717, 1.165) is 12.3 Å². The van der Waals surface area contributed by atoms with Crippen LogP contribution in [-0.4, -0.2) is 11.6 Å². The molecule has 0 spiro atoms. The highest BCUT2D eigenvalue weighted by atomic mass is 16.5. The second kappa shape index (κ2) is 2.62. The van der Waals surface area contributed by atoms with Crippen LogP contribution < -0.4 is 0 Å². The summed E-state index contributed by atoms with van der Waals surface area (Å²) in [6.07, 6.45) is 2.06. The van der Waals surface area contributed by atoms with Crippen LogP contribution in [0.15, 0.2) is 24.4 Å². The van der Waals surface area contributed by atoms with Crippen LogP contribution in [0.1, 0.15) is 18.7 Å². The van der Waals surface area contributed by atoms with E-state index in [-0.39, 0.29) is 6.10 Å². The van der Waals surface area contributed by atoms with E-state index in [9.17, 15) is 0 Å². The van der Waals surface area contributed by atoms with Gasteiger partial charge in [-0.15, -0.1) is 0 Å². The molecule has 2 nitrogen and oxygen atoms in total. The van der Waals surface area contributed by atoms with Crippen molar-refractivity contribution in [3.63, 3.8) is 0 Å². The van der Waals surface area contributed by atoms with Gasteiger partial charge in [0.1, 0.15) is 6.10 Å². The number of ether oxygens (including phenoxy) is 1. The van der Waals surface area contributed by atoms with Gasteiger partial charge in [0.2, 0.25) is 0 Å². The van der Waals surface area contributed by atoms with Crippen molar-refractivity contribution in [2.45, 2.75) is 13.0 Å². The average molecular weight is 149 g/mol. The van der Waals surface area contributed by atoms with Crippen LogP contribution in [0.25, 0.3) is 0 Å². The first-order chi connectivity index (χ1) is 5.38. The molecule has 11 heavy (non-hydrogen) atoms. The van der Waals surface area contributed by atoms with Gasteiger partial charge in [0.15, 0.2) is 0 Å². The fourth-order valence-corrected chi connectivity index (χ4v) is 1.31. The summed E-state index contributed by atoms with van der Waals surface area (Å²) < 4.78 is 5.37. The molecule has 0 radical (unpaired) electrons. The molecular weight excluding hydrogens is 138 g/mol. The maximum absolute atomic E-state index is 5.37. The van der Waals surface area contributed by atoms with Crippen molar-refractivity contribution in [2.75, 3.05) is 6.61 Å². The van der Waals surface area contributed by atoms with Gasteiger partial charge in [0, 0.05) is 12.1 Å². The molecule has 0 N–H and O–H groups in total. The van der Waals surface area contributed by atoms with Crippen LogP contribution >= 0.6 is 0 Å². The van der Waals surface area contributed by atoms with Gasteiger partial charge in [-0.1, -0.05) is 13.0 Å². The Balaban J connectivity index is 2.17. The minimum atomic E-state index is 0.246. The van der Waals surface area contributed by atoms with Crippen LogP contribution in [0.4, 0.5) is 0 Å². The summed E-state index contributed by atoms with van der Waals surface area (Å²) in [5.74, 6) is 0.630. The average Bonchev–Trinajstić information content (AvgIpc) is 2.04. The number of hydrogen-bond acceptors (Lipinski definition) is 2. The minimum Gasteiger partial charge on any atom is -0.371 e. The lowest BCUT2D eigenvalue weighted by Crippen LogP contribution is -2.30. The Morgan fingerprint density at radius 3 is 2.91 bits per heavy atom. The molecule has 2 atom stereocenters. The third-order valence-electron chi connectivity index (χ3n) is 2.03. The van der Waals surface area contributed by atoms with E-state index < -0.39 is 0 Å². The van der Waals surface area contributed by atoms with E-state index in [4.69, 9.17) is 4.74 Å². The SMILES string of the molecule is CC1COC1c1ccccn1. The van der Waals surface area contributed by atoms with Crippen molar-refractivity contribution >= 4 is 0 Å². The molecule has 1 aliphatic rings. The molecule has 58 valence electrons. The van der Waals surface area contributed by atoms with Crippen LogP contribution in [0.5, 0.6) is 0 Å². The quantitative estimate of drug-likeness (QED) is 0.607. The first-order valence-corrected chi connectivity index (χ1v) is 3.90. The van der Waals surface area contributed by atoms with E-state index in [1.807, 2.05) is 24.4 Å². The summed E-state index contributed by atoms with van der Waals surface area (Å²) in [6, 6.07) is 5.93. The number of hydrogen-bond donors (Lipinski definition) is 0. The molecule has 1 aromatic heterocycles. The molecule has 0 amide bonds. The zero-order valence-electron chi connectivity index (χ0n) is 6.53. The Kier molecular flexibility index (Phi) is 1.62. The third kappa shape index (κ3) is 1.14. The van der Waals surface area contributed by atoms with Gasteiger partial charge in [0.25, 0.3) is 0 Å². The smallest absolute Gasteiger partial charge is 0.104 e. The molecule has 2 unspecified atom stereocenters. The summed E-state index contributed by atoms with van der Waals surface area (Å²) in [5, 5.41) is 0. The number of rotatable bonds is 1. The molecule has 0 saturated carbocycles. The fourth-order valence-electron chi connectivity index (χ4n) is 1.31. The lowest BCUT2D eigenvalue weighted by atomic mass is 9.97. The highest BCUT2D eigenvalue weighted by Gasteiger charge is 2.29. The van der Waals surface area contributed by atoms with E-state index in [1.165, 1.54) is 0 Å². The van der Waals surface area contributed by atoms with Gasteiger partial charge in [-0.25, -0.2) is 0 Å². The van der Waals surface area contributed by atoms with Gasteiger partial charge in [-0.3, -0.25) is 4.98 Å². The molecule has 0 aromatic carbocycles. The van der Waals surface area contributed by atoms with Crippen molar-refractivity contribution < 1.29 is 4.74 Å². The van der Waals surface area contributed by atoms with Crippen LogP contribution in [0.2, 0.25) is 0 Å². The van der Waals surface area contributed by atoms with Crippen LogP contribution in [0.3, 0.4) is 0 Å². The molecule has 2 heteroatoms. The lowest BCUT2D eigenvalue weighted by Gasteiger charge is -2.33. The van der Waals surface area contributed by atoms with E-state index in [2.05, 4.69) is 11.9 Å². The second-order valence-electron chi connectivity index (χ2n) is 2.99. The number of nitrogens with zero attached hydrogens (tertiary/aromatic N) is 1. The predicted molar refractivity (Wildman–Crippen MR) is 42.1 cm³/mol. The zero-order chi connectivity index (χ0) is 7.68. The van der Waals surface area contributed by atoms with Crippen molar-refractivity contribution in [3.05, 3.63) is 30.1 Å². The molecule has 1 fully saturated rings. The van der Waals surface area contributed by atoms with E-state index >= 15 is 0 Å². The molecule has 1 aromatic rings. The molecule has 0 aliphatic carbocycles. The summed E-state index contributed by atoms with van der Waals surface area (Å²) in [7, 11) is 0. The van der Waals surface area contributed by atoms with Crippen molar-refractivity contribution in [1.82, 2.24) is 4.98 Å². The Hall–Kier alpha value is -0.890. The summed E-state index contributed by atoms with van der Waals surface area (Å²) in [5.41, 5.74) is 1.06. The Morgan fingerprint density at radius 2 is 2.45 bits per heavy atom. The number of pyridine rings is 1. The Bertz CT molecular complexity index is 235. The van der Waals surface area contributed by atoms with Crippen molar-refractivity contribution in [2.24, 2.45) is 5.92 Å². The summed E-state index contributed by atoms with van der Waals surface area (Å²) in [4.78, 5) is 4.23. The van der Waals surface area contributed by atoms with Gasteiger partial charge in [-0.2, -0.15) is 0 Å². The van der Waals surface area contributed by atoms with E-state index in [1.54, 1.807) is 0 Å². The van der Waals surface area contributed by atoms with Crippen molar-refractivity contribution in [1.29, 1.82) is 0 Å². The Morgan fingerprint density at radius 1 is 1.55 bits per heavy atom. The van der Waals surface area contributed by atoms with Crippen molar-refractivity contribution in [3.8, 4) is 0 Å². The highest BCUT2D eigenvalue weighted by molar-refractivity contribution is 5.09. The molecule has 1 aliphatic heterocycles. The summed E-state index contributed by atoms with van der Waals surface area (Å²) in [6.45, 7) is 3.06. The van der Waals surface area contributed by atoms with Gasteiger partial charge < -0.3 is 4.74 Å². The lowest BCUT2D eigenvalue weighted by molar-refractivity contribution is -0.111. The normalized spacial score (nSPS) is 29.5. The summed E-state index contributed by atoms with van der Waals surface area (Å²) >= 11 is 0. The minimum absolute atomic E-state index is 0.246. The maximum atomic E-state index is 5.37. The monoisotopic (exact) mass is 149 g/mol. The third-order valence-corrected chi connectivity index (χ3v) is 2.03. The maximum Gasteiger partial charge on any atom is 0.104 e. The fraction of sp³-hybridized carbons (Fsp3) is 0.444. The molecule has 2 rings (SSSR count). The largest absolute Gasteiger partial charge is 0.371 e. The predicted octanol–water partition coefficient (Wildman–Crippen LogP) is 1.79.